The van der Waals surface area contributed by atoms with Gasteiger partial charge in [-0.1, -0.05) is 18.6 Å². The van der Waals surface area contributed by atoms with E-state index >= 15 is 0 Å². The molecule has 2 fully saturated rings. The van der Waals surface area contributed by atoms with Gasteiger partial charge >= 0.3 is 0 Å². The van der Waals surface area contributed by atoms with Gasteiger partial charge in [0, 0.05) is 31.9 Å². The Labute approximate surface area is 205 Å². The molecular weight excluding hydrogens is 444 g/mol. The highest BCUT2D eigenvalue weighted by molar-refractivity contribution is 5.82. The average Bonchev–Trinajstić information content (AvgIpc) is 3.60. The molecule has 3 unspecified atom stereocenters. The van der Waals surface area contributed by atoms with E-state index < -0.39 is 0 Å². The molecule has 3 atom stereocenters. The minimum Gasteiger partial charge on any atom is -0.377 e. The lowest BCUT2D eigenvalue weighted by Crippen LogP contribution is -2.38. The van der Waals surface area contributed by atoms with E-state index in [0.717, 1.165) is 79.7 Å². The van der Waals surface area contributed by atoms with Gasteiger partial charge in [0.05, 0.1) is 30.3 Å². The normalized spacial score (nSPS) is 21.4. The SMILES string of the molecule is CCC(c1nnnn1CC1CCCO1)N(Cc1cc2cc(C)cc(C)c2[nH]c1=O)CC1CCCO1. The highest BCUT2D eigenvalue weighted by atomic mass is 16.5. The van der Waals surface area contributed by atoms with Gasteiger partial charge in [0.25, 0.3) is 5.56 Å². The Balaban J connectivity index is 1.47. The number of aromatic amines is 1. The van der Waals surface area contributed by atoms with E-state index in [1.807, 2.05) is 17.7 Å². The molecule has 3 aromatic rings. The number of nitrogens with zero attached hydrogens (tertiary/aromatic N) is 5. The number of ether oxygens (including phenoxy) is 2. The average molecular weight is 481 g/mol. The van der Waals surface area contributed by atoms with Crippen molar-refractivity contribution < 1.29 is 9.47 Å². The summed E-state index contributed by atoms with van der Waals surface area (Å²) in [5, 5.41) is 13.8. The summed E-state index contributed by atoms with van der Waals surface area (Å²) in [6.07, 6.45) is 5.32. The predicted octanol–water partition coefficient (Wildman–Crippen LogP) is 3.44. The number of H-pyrrole nitrogens is 1. The van der Waals surface area contributed by atoms with Gasteiger partial charge in [-0.15, -0.1) is 5.10 Å². The van der Waals surface area contributed by atoms with Crippen LogP contribution < -0.4 is 5.56 Å². The number of hydrogen-bond acceptors (Lipinski definition) is 7. The van der Waals surface area contributed by atoms with Gasteiger partial charge in [-0.05, 0) is 79.5 Å². The number of nitrogens with one attached hydrogen (secondary N) is 1. The molecule has 0 radical (unpaired) electrons. The van der Waals surface area contributed by atoms with Crippen LogP contribution >= 0.6 is 0 Å². The summed E-state index contributed by atoms with van der Waals surface area (Å²) in [5.74, 6) is 0.824. The molecule has 35 heavy (non-hydrogen) atoms. The minimum atomic E-state index is -0.0457. The molecule has 0 amide bonds. The molecule has 9 nitrogen and oxygen atoms in total. The van der Waals surface area contributed by atoms with E-state index in [0.29, 0.717) is 13.1 Å². The molecule has 188 valence electrons. The number of hydrogen-bond donors (Lipinski definition) is 1. The van der Waals surface area contributed by atoms with E-state index in [9.17, 15) is 4.79 Å². The van der Waals surface area contributed by atoms with Crippen LogP contribution in [0.2, 0.25) is 0 Å². The van der Waals surface area contributed by atoms with Gasteiger partial charge in [-0.3, -0.25) is 9.69 Å². The molecule has 2 saturated heterocycles. The fourth-order valence-corrected chi connectivity index (χ4v) is 5.59. The Hall–Kier alpha value is -2.62. The maximum absolute atomic E-state index is 13.2. The highest BCUT2D eigenvalue weighted by Gasteiger charge is 2.30. The van der Waals surface area contributed by atoms with Crippen LogP contribution in [-0.4, -0.2) is 62.1 Å². The van der Waals surface area contributed by atoms with Gasteiger partial charge in [0.15, 0.2) is 5.82 Å². The smallest absolute Gasteiger partial charge is 0.252 e. The molecule has 4 heterocycles. The van der Waals surface area contributed by atoms with Crippen molar-refractivity contribution in [2.75, 3.05) is 19.8 Å². The van der Waals surface area contributed by atoms with Crippen molar-refractivity contribution in [3.63, 3.8) is 0 Å². The van der Waals surface area contributed by atoms with Crippen molar-refractivity contribution in [2.45, 2.75) is 84.2 Å². The van der Waals surface area contributed by atoms with Crippen molar-refractivity contribution in [3.8, 4) is 0 Å². The molecular formula is C26H36N6O3. The summed E-state index contributed by atoms with van der Waals surface area (Å²) in [5.41, 5.74) is 3.87. The van der Waals surface area contributed by atoms with E-state index in [4.69, 9.17) is 9.47 Å². The van der Waals surface area contributed by atoms with Crippen LogP contribution in [0.3, 0.4) is 0 Å². The number of benzene rings is 1. The quantitative estimate of drug-likeness (QED) is 0.501. The molecule has 1 aromatic carbocycles. The van der Waals surface area contributed by atoms with Gasteiger partial charge in [0.2, 0.25) is 0 Å². The zero-order valence-electron chi connectivity index (χ0n) is 21.0. The summed E-state index contributed by atoms with van der Waals surface area (Å²) in [7, 11) is 0. The standard InChI is InChI=1S/C26H36N6O3/c1-4-23(25-28-29-30-32(25)16-22-8-6-10-35-22)31(15-21-7-5-9-34-21)14-20-13-19-12-17(2)11-18(3)24(19)27-26(20)33/h11-13,21-23H,4-10,14-16H2,1-3H3,(H,27,33). The van der Waals surface area contributed by atoms with Gasteiger partial charge in [-0.2, -0.15) is 0 Å². The first-order chi connectivity index (χ1) is 17.0. The lowest BCUT2D eigenvalue weighted by Gasteiger charge is -2.32. The van der Waals surface area contributed by atoms with Crippen LogP contribution in [0.25, 0.3) is 10.9 Å². The second-order valence-electron chi connectivity index (χ2n) is 10.0. The van der Waals surface area contributed by atoms with Crippen LogP contribution in [0.1, 0.15) is 67.6 Å². The Morgan fingerprint density at radius 2 is 1.91 bits per heavy atom. The van der Waals surface area contributed by atoms with Crippen molar-refractivity contribution in [2.24, 2.45) is 0 Å². The van der Waals surface area contributed by atoms with E-state index in [2.05, 4.69) is 51.4 Å². The minimum absolute atomic E-state index is 0.0371. The lowest BCUT2D eigenvalue weighted by atomic mass is 10.0. The van der Waals surface area contributed by atoms with Crippen molar-refractivity contribution in [1.82, 2.24) is 30.1 Å². The van der Waals surface area contributed by atoms with E-state index in [1.165, 1.54) is 5.56 Å². The first kappa shape index (κ1) is 24.1. The van der Waals surface area contributed by atoms with Gasteiger partial charge in [0.1, 0.15) is 0 Å². The van der Waals surface area contributed by atoms with Gasteiger partial charge in [-0.25, -0.2) is 4.68 Å². The first-order valence-corrected chi connectivity index (χ1v) is 12.9. The van der Waals surface area contributed by atoms with Crippen LogP contribution in [0.4, 0.5) is 0 Å². The van der Waals surface area contributed by atoms with E-state index in [1.54, 1.807) is 0 Å². The maximum atomic E-state index is 13.2. The fraction of sp³-hybridized carbons (Fsp3) is 0.615. The number of fused-ring (bicyclic) bond motifs is 1. The third kappa shape index (κ3) is 5.32. The molecule has 2 aliphatic heterocycles. The summed E-state index contributed by atoms with van der Waals surface area (Å²) < 4.78 is 13.7. The number of tetrazole rings is 1. The topological polar surface area (TPSA) is 98.2 Å². The molecule has 0 aliphatic carbocycles. The van der Waals surface area contributed by atoms with Crippen molar-refractivity contribution in [3.05, 3.63) is 51.1 Å². The molecule has 5 rings (SSSR count). The molecule has 0 saturated carbocycles. The Kier molecular flexibility index (Phi) is 7.27. The third-order valence-corrected chi connectivity index (χ3v) is 7.29. The zero-order valence-corrected chi connectivity index (χ0v) is 21.0. The van der Waals surface area contributed by atoms with Crippen LogP contribution in [0, 0.1) is 13.8 Å². The summed E-state index contributed by atoms with van der Waals surface area (Å²) in [6, 6.07) is 6.23. The van der Waals surface area contributed by atoms with Crippen molar-refractivity contribution >= 4 is 10.9 Å². The van der Waals surface area contributed by atoms with Crippen molar-refractivity contribution in [1.29, 1.82) is 0 Å². The predicted molar refractivity (Wildman–Crippen MR) is 133 cm³/mol. The zero-order chi connectivity index (χ0) is 24.4. The van der Waals surface area contributed by atoms with Crippen LogP contribution in [0.15, 0.2) is 23.0 Å². The van der Waals surface area contributed by atoms with Crippen LogP contribution in [0.5, 0.6) is 0 Å². The largest absolute Gasteiger partial charge is 0.377 e. The van der Waals surface area contributed by atoms with Crippen LogP contribution in [-0.2, 0) is 22.6 Å². The molecule has 0 bridgehead atoms. The molecule has 2 aliphatic rings. The second kappa shape index (κ2) is 10.6. The third-order valence-electron chi connectivity index (χ3n) is 7.29. The second-order valence-corrected chi connectivity index (χ2v) is 10.0. The fourth-order valence-electron chi connectivity index (χ4n) is 5.59. The number of aromatic nitrogens is 5. The number of aryl methyl sites for hydroxylation is 2. The summed E-state index contributed by atoms with van der Waals surface area (Å²) >= 11 is 0. The molecule has 0 spiro atoms. The summed E-state index contributed by atoms with van der Waals surface area (Å²) in [4.78, 5) is 18.6. The number of rotatable bonds is 9. The molecule has 2 aromatic heterocycles. The monoisotopic (exact) mass is 480 g/mol. The first-order valence-electron chi connectivity index (χ1n) is 12.9. The maximum Gasteiger partial charge on any atom is 0.252 e. The Morgan fingerprint density at radius 1 is 1.14 bits per heavy atom. The highest BCUT2D eigenvalue weighted by Crippen LogP contribution is 2.28. The molecule has 1 N–H and O–H groups in total. The Bertz CT molecular complexity index is 1210. The van der Waals surface area contributed by atoms with Gasteiger partial charge < -0.3 is 14.5 Å². The lowest BCUT2D eigenvalue weighted by molar-refractivity contribution is 0.0470. The van der Waals surface area contributed by atoms with E-state index in [-0.39, 0.29) is 23.8 Å². The number of pyridine rings is 1. The Morgan fingerprint density at radius 3 is 2.63 bits per heavy atom. The summed E-state index contributed by atoms with van der Waals surface area (Å²) in [6.45, 7) is 9.75. The molecule has 9 heteroatoms.